The van der Waals surface area contributed by atoms with Crippen molar-refractivity contribution in [3.05, 3.63) is 24.2 Å². The van der Waals surface area contributed by atoms with E-state index in [9.17, 15) is 9.90 Å². The highest BCUT2D eigenvalue weighted by Crippen LogP contribution is 2.21. The Morgan fingerprint density at radius 3 is 3.00 bits per heavy atom. The number of hydrogen-bond donors (Lipinski definition) is 3. The molecule has 23 heavy (non-hydrogen) atoms. The van der Waals surface area contributed by atoms with Gasteiger partial charge < -0.3 is 25.1 Å². The minimum absolute atomic E-state index is 0.157. The minimum Gasteiger partial charge on any atom is -0.466 e. The van der Waals surface area contributed by atoms with Crippen LogP contribution in [0.2, 0.25) is 0 Å². The number of nitrogens with one attached hydrogen (secondary N) is 2. The van der Waals surface area contributed by atoms with E-state index in [-0.39, 0.29) is 18.5 Å². The Morgan fingerprint density at radius 1 is 1.61 bits per heavy atom. The van der Waals surface area contributed by atoms with Crippen LogP contribution in [0.15, 0.2) is 27.8 Å². The Balaban J connectivity index is 1.98. The van der Waals surface area contributed by atoms with Gasteiger partial charge in [0.2, 0.25) is 5.91 Å². The van der Waals surface area contributed by atoms with Crippen LogP contribution in [0.1, 0.15) is 32.4 Å². The Kier molecular flexibility index (Phi) is 5.65. The molecule has 2 unspecified atom stereocenters. The van der Waals surface area contributed by atoms with Crippen molar-refractivity contribution >= 4 is 11.9 Å². The molecular weight excluding hydrogens is 296 g/mol. The lowest BCUT2D eigenvalue weighted by molar-refractivity contribution is -0.132. The van der Waals surface area contributed by atoms with Crippen molar-refractivity contribution in [3.63, 3.8) is 0 Å². The summed E-state index contributed by atoms with van der Waals surface area (Å²) < 4.78 is 5.26. The first kappa shape index (κ1) is 17.3. The minimum atomic E-state index is -1.16. The third-order valence-electron chi connectivity index (χ3n) is 3.91. The average molecular weight is 322 g/mol. The average Bonchev–Trinajstić information content (AvgIpc) is 3.04. The highest BCUT2D eigenvalue weighted by molar-refractivity contribution is 5.81. The van der Waals surface area contributed by atoms with Gasteiger partial charge in [0.05, 0.1) is 12.8 Å². The van der Waals surface area contributed by atoms with Gasteiger partial charge in [0.25, 0.3) is 0 Å². The number of piperidine rings is 1. The molecule has 1 aromatic rings. The lowest BCUT2D eigenvalue weighted by Gasteiger charge is -2.31. The Bertz CT molecular complexity index is 540. The summed E-state index contributed by atoms with van der Waals surface area (Å²) in [5, 5.41) is 17.0. The summed E-state index contributed by atoms with van der Waals surface area (Å²) in [6.07, 6.45) is 2.85. The maximum Gasteiger partial charge on any atom is 0.222 e. The number of aliphatic hydroxyl groups is 1. The van der Waals surface area contributed by atoms with E-state index in [2.05, 4.69) is 15.6 Å². The number of furan rings is 1. The number of likely N-dealkylation sites (tertiary alicyclic amines) is 1. The van der Waals surface area contributed by atoms with Crippen LogP contribution in [0.4, 0.5) is 0 Å². The summed E-state index contributed by atoms with van der Waals surface area (Å²) in [5.74, 6) is 1.29. The number of guanidine groups is 1. The van der Waals surface area contributed by atoms with Crippen molar-refractivity contribution in [1.82, 2.24) is 15.5 Å². The van der Waals surface area contributed by atoms with E-state index in [1.807, 2.05) is 14.0 Å². The second-order valence-electron chi connectivity index (χ2n) is 6.10. The second kappa shape index (κ2) is 7.50. The summed E-state index contributed by atoms with van der Waals surface area (Å²) in [6.45, 7) is 5.20. The maximum atomic E-state index is 11.5. The molecule has 1 saturated heterocycles. The Labute approximate surface area is 136 Å². The topological polar surface area (TPSA) is 90.1 Å². The lowest BCUT2D eigenvalue weighted by Crippen LogP contribution is -2.52. The maximum absolute atomic E-state index is 11.5. The van der Waals surface area contributed by atoms with Crippen molar-refractivity contribution in [2.45, 2.75) is 38.3 Å². The van der Waals surface area contributed by atoms with Gasteiger partial charge in [-0.1, -0.05) is 0 Å². The summed E-state index contributed by atoms with van der Waals surface area (Å²) in [7, 11) is 1.81. The monoisotopic (exact) mass is 322 g/mol. The molecule has 3 N–H and O–H groups in total. The van der Waals surface area contributed by atoms with Gasteiger partial charge in [-0.15, -0.1) is 0 Å². The molecule has 0 aliphatic carbocycles. The first-order chi connectivity index (χ1) is 10.9. The summed E-state index contributed by atoms with van der Waals surface area (Å²) in [4.78, 5) is 17.7. The second-order valence-corrected chi connectivity index (χ2v) is 6.10. The van der Waals surface area contributed by atoms with E-state index >= 15 is 0 Å². The zero-order valence-corrected chi connectivity index (χ0v) is 14.0. The predicted octanol–water partition coefficient (Wildman–Crippen LogP) is 0.663. The van der Waals surface area contributed by atoms with Crippen molar-refractivity contribution in [2.24, 2.45) is 4.99 Å². The number of aliphatic imine (C=N–C) groups is 1. The first-order valence-electron chi connectivity index (χ1n) is 7.97. The molecule has 1 aliphatic rings. The van der Waals surface area contributed by atoms with E-state index in [4.69, 9.17) is 4.42 Å². The number of carbonyl (C=O) groups excluding carboxylic acids is 1. The van der Waals surface area contributed by atoms with E-state index in [0.29, 0.717) is 24.7 Å². The van der Waals surface area contributed by atoms with Crippen molar-refractivity contribution in [1.29, 1.82) is 0 Å². The van der Waals surface area contributed by atoms with Gasteiger partial charge in [-0.3, -0.25) is 4.79 Å². The van der Waals surface area contributed by atoms with Gasteiger partial charge in [-0.25, -0.2) is 4.99 Å². The van der Waals surface area contributed by atoms with Gasteiger partial charge in [0, 0.05) is 32.6 Å². The Hall–Kier alpha value is -2.02. The highest BCUT2D eigenvalue weighted by Gasteiger charge is 2.27. The molecule has 2 heterocycles. The van der Waals surface area contributed by atoms with Gasteiger partial charge in [0.15, 0.2) is 5.96 Å². The van der Waals surface area contributed by atoms with E-state index < -0.39 is 5.60 Å². The normalized spacial score (nSPS) is 21.9. The van der Waals surface area contributed by atoms with E-state index in [1.54, 1.807) is 24.0 Å². The Morgan fingerprint density at radius 2 is 2.39 bits per heavy atom. The molecule has 1 fully saturated rings. The van der Waals surface area contributed by atoms with Crippen molar-refractivity contribution in [3.8, 4) is 0 Å². The van der Waals surface area contributed by atoms with Crippen molar-refractivity contribution < 1.29 is 14.3 Å². The number of rotatable bonds is 5. The quantitative estimate of drug-likeness (QED) is 0.547. The van der Waals surface area contributed by atoms with Crippen molar-refractivity contribution in [2.75, 3.05) is 26.7 Å². The number of carbonyl (C=O) groups is 1. The summed E-state index contributed by atoms with van der Waals surface area (Å²) in [5.41, 5.74) is -1.16. The zero-order chi connectivity index (χ0) is 16.9. The van der Waals surface area contributed by atoms with Gasteiger partial charge in [-0.05, 0) is 32.4 Å². The van der Waals surface area contributed by atoms with Crippen LogP contribution in [0, 0.1) is 0 Å². The molecule has 2 atom stereocenters. The molecule has 7 nitrogen and oxygen atoms in total. The molecule has 2 rings (SSSR count). The first-order valence-corrected chi connectivity index (χ1v) is 7.97. The van der Waals surface area contributed by atoms with Crippen LogP contribution in [0.3, 0.4) is 0 Å². The standard InChI is InChI=1S/C16H26N4O3/c1-4-17-15(19-12-7-8-14(21)20(3)10-12)18-11-16(2,22)13-6-5-9-23-13/h5-6,9,12,22H,4,7-8,10-11H2,1-3H3,(H2,17,18,19). The van der Waals surface area contributed by atoms with Gasteiger partial charge in [-0.2, -0.15) is 0 Å². The van der Waals surface area contributed by atoms with Crippen LogP contribution in [-0.2, 0) is 10.4 Å². The van der Waals surface area contributed by atoms with E-state index in [0.717, 1.165) is 13.0 Å². The molecule has 0 aromatic carbocycles. The predicted molar refractivity (Wildman–Crippen MR) is 88.1 cm³/mol. The third-order valence-corrected chi connectivity index (χ3v) is 3.91. The van der Waals surface area contributed by atoms with Crippen LogP contribution < -0.4 is 10.6 Å². The number of likely N-dealkylation sites (N-methyl/N-ethyl adjacent to an activating group) is 1. The zero-order valence-electron chi connectivity index (χ0n) is 14.0. The largest absolute Gasteiger partial charge is 0.466 e. The fourth-order valence-corrected chi connectivity index (χ4v) is 2.54. The van der Waals surface area contributed by atoms with Crippen LogP contribution in [-0.4, -0.2) is 54.6 Å². The highest BCUT2D eigenvalue weighted by atomic mass is 16.4. The molecule has 0 spiro atoms. The fourth-order valence-electron chi connectivity index (χ4n) is 2.54. The molecule has 1 aliphatic heterocycles. The smallest absolute Gasteiger partial charge is 0.222 e. The molecule has 0 radical (unpaired) electrons. The number of amides is 1. The molecule has 7 heteroatoms. The lowest BCUT2D eigenvalue weighted by atomic mass is 10.0. The third kappa shape index (κ3) is 4.72. The number of hydrogen-bond acceptors (Lipinski definition) is 4. The molecule has 1 aromatic heterocycles. The molecule has 128 valence electrons. The van der Waals surface area contributed by atoms with Crippen LogP contribution in [0.5, 0.6) is 0 Å². The fraction of sp³-hybridized carbons (Fsp3) is 0.625. The van der Waals surface area contributed by atoms with Crippen LogP contribution in [0.25, 0.3) is 0 Å². The molecule has 1 amide bonds. The van der Waals surface area contributed by atoms with Gasteiger partial charge >= 0.3 is 0 Å². The van der Waals surface area contributed by atoms with E-state index in [1.165, 1.54) is 6.26 Å². The molecule has 0 saturated carbocycles. The molecule has 0 bridgehead atoms. The summed E-state index contributed by atoms with van der Waals surface area (Å²) in [6, 6.07) is 3.63. The number of nitrogens with zero attached hydrogens (tertiary/aromatic N) is 2. The summed E-state index contributed by atoms with van der Waals surface area (Å²) >= 11 is 0. The SMILES string of the molecule is CCNC(=NCC(C)(O)c1ccco1)NC1CCC(=O)N(C)C1. The van der Waals surface area contributed by atoms with Gasteiger partial charge in [0.1, 0.15) is 11.4 Å². The van der Waals surface area contributed by atoms with Crippen LogP contribution >= 0.6 is 0 Å². The molecular formula is C16H26N4O3.